The van der Waals surface area contributed by atoms with Crippen LogP contribution in [-0.4, -0.2) is 18.3 Å². The number of ketones is 1. The average molecular weight is 283 g/mol. The molecule has 0 aromatic heterocycles. The molecule has 0 fully saturated rings. The number of rotatable bonds is 5. The number of nitrogens with one attached hydrogen (secondary N) is 1. The normalized spacial score (nSPS) is 10.0. The van der Waals surface area contributed by atoms with Crippen LogP contribution in [0.25, 0.3) is 0 Å². The van der Waals surface area contributed by atoms with Crippen molar-refractivity contribution >= 4 is 17.4 Å². The smallest absolute Gasteiger partial charge is 0.221 e. The standard InChI is InChI=1S/C17H17NO3/c1-3-21-16-7-5-4-6-15(16)17(20)13-8-10-14(11-9-13)18-12(2)19/h4-11H,3H2,1-2H3,(H,18,19). The Kier molecular flexibility index (Phi) is 4.72. The topological polar surface area (TPSA) is 55.4 Å². The van der Waals surface area contributed by atoms with E-state index in [1.54, 1.807) is 42.5 Å². The molecule has 0 aliphatic carbocycles. The van der Waals surface area contributed by atoms with Crippen molar-refractivity contribution in [2.24, 2.45) is 0 Å². The highest BCUT2D eigenvalue weighted by molar-refractivity contribution is 6.10. The molecular formula is C17H17NO3. The van der Waals surface area contributed by atoms with E-state index in [0.29, 0.717) is 29.2 Å². The summed E-state index contributed by atoms with van der Waals surface area (Å²) in [4.78, 5) is 23.5. The lowest BCUT2D eigenvalue weighted by Crippen LogP contribution is -2.07. The van der Waals surface area contributed by atoms with Crippen molar-refractivity contribution < 1.29 is 14.3 Å². The minimum Gasteiger partial charge on any atom is -0.493 e. The summed E-state index contributed by atoms with van der Waals surface area (Å²) < 4.78 is 5.48. The molecule has 0 saturated heterocycles. The number of benzene rings is 2. The molecule has 0 aliphatic heterocycles. The number of carbonyl (C=O) groups excluding carboxylic acids is 2. The lowest BCUT2D eigenvalue weighted by molar-refractivity contribution is -0.114. The van der Waals surface area contributed by atoms with Crippen LogP contribution < -0.4 is 10.1 Å². The van der Waals surface area contributed by atoms with Gasteiger partial charge in [0.1, 0.15) is 5.75 Å². The highest BCUT2D eigenvalue weighted by Crippen LogP contribution is 2.22. The van der Waals surface area contributed by atoms with E-state index in [2.05, 4.69) is 5.32 Å². The second-order valence-electron chi connectivity index (χ2n) is 4.52. The molecule has 0 radical (unpaired) electrons. The average Bonchev–Trinajstić information content (AvgIpc) is 2.48. The van der Waals surface area contributed by atoms with Crippen molar-refractivity contribution in [3.05, 3.63) is 59.7 Å². The Morgan fingerprint density at radius 1 is 1.05 bits per heavy atom. The first-order chi connectivity index (χ1) is 10.1. The van der Waals surface area contributed by atoms with Crippen molar-refractivity contribution in [2.75, 3.05) is 11.9 Å². The van der Waals surface area contributed by atoms with Gasteiger partial charge < -0.3 is 10.1 Å². The number of ether oxygens (including phenoxy) is 1. The summed E-state index contributed by atoms with van der Waals surface area (Å²) in [6.45, 7) is 3.83. The van der Waals surface area contributed by atoms with Crippen LogP contribution in [0.5, 0.6) is 5.75 Å². The molecule has 21 heavy (non-hydrogen) atoms. The zero-order valence-electron chi connectivity index (χ0n) is 12.1. The molecular weight excluding hydrogens is 266 g/mol. The van der Waals surface area contributed by atoms with Crippen LogP contribution >= 0.6 is 0 Å². The lowest BCUT2D eigenvalue weighted by Gasteiger charge is -2.09. The highest BCUT2D eigenvalue weighted by atomic mass is 16.5. The van der Waals surface area contributed by atoms with Crippen LogP contribution in [0.2, 0.25) is 0 Å². The number of hydrogen-bond acceptors (Lipinski definition) is 3. The Morgan fingerprint density at radius 2 is 1.71 bits per heavy atom. The Morgan fingerprint density at radius 3 is 2.33 bits per heavy atom. The van der Waals surface area contributed by atoms with Crippen molar-refractivity contribution in [1.29, 1.82) is 0 Å². The Labute approximate surface area is 123 Å². The van der Waals surface area contributed by atoms with Gasteiger partial charge in [-0.05, 0) is 43.3 Å². The summed E-state index contributed by atoms with van der Waals surface area (Å²) in [5, 5.41) is 2.67. The van der Waals surface area contributed by atoms with Crippen molar-refractivity contribution in [3.8, 4) is 5.75 Å². The van der Waals surface area contributed by atoms with Crippen LogP contribution in [0, 0.1) is 0 Å². The molecule has 0 heterocycles. The van der Waals surface area contributed by atoms with Gasteiger partial charge in [-0.2, -0.15) is 0 Å². The molecule has 108 valence electrons. The fourth-order valence-electron chi connectivity index (χ4n) is 2.00. The molecule has 0 bridgehead atoms. The molecule has 0 spiro atoms. The van der Waals surface area contributed by atoms with Crippen molar-refractivity contribution in [3.63, 3.8) is 0 Å². The number of carbonyl (C=O) groups is 2. The van der Waals surface area contributed by atoms with E-state index in [9.17, 15) is 9.59 Å². The zero-order valence-corrected chi connectivity index (χ0v) is 12.1. The van der Waals surface area contributed by atoms with Gasteiger partial charge in [0.05, 0.1) is 12.2 Å². The minimum atomic E-state index is -0.143. The molecule has 0 aliphatic rings. The molecule has 1 amide bonds. The largest absolute Gasteiger partial charge is 0.493 e. The van der Waals surface area contributed by atoms with E-state index in [1.807, 2.05) is 13.0 Å². The summed E-state index contributed by atoms with van der Waals surface area (Å²) in [6.07, 6.45) is 0. The van der Waals surface area contributed by atoms with Gasteiger partial charge in [0.25, 0.3) is 0 Å². The minimum absolute atomic E-state index is 0.103. The Balaban J connectivity index is 2.26. The predicted molar refractivity (Wildman–Crippen MR) is 81.8 cm³/mol. The van der Waals surface area contributed by atoms with Gasteiger partial charge in [0, 0.05) is 18.2 Å². The molecule has 2 aromatic rings. The summed E-state index contributed by atoms with van der Waals surface area (Å²) in [6, 6.07) is 14.0. The fourth-order valence-corrected chi connectivity index (χ4v) is 2.00. The zero-order chi connectivity index (χ0) is 15.2. The van der Waals surface area contributed by atoms with Crippen molar-refractivity contribution in [1.82, 2.24) is 0 Å². The lowest BCUT2D eigenvalue weighted by atomic mass is 10.0. The van der Waals surface area contributed by atoms with Crippen LogP contribution in [-0.2, 0) is 4.79 Å². The second kappa shape index (κ2) is 6.70. The maximum Gasteiger partial charge on any atom is 0.221 e. The summed E-state index contributed by atoms with van der Waals surface area (Å²) in [5.41, 5.74) is 1.75. The van der Waals surface area contributed by atoms with E-state index in [1.165, 1.54) is 6.92 Å². The van der Waals surface area contributed by atoms with Crippen LogP contribution in [0.4, 0.5) is 5.69 Å². The van der Waals surface area contributed by atoms with E-state index in [-0.39, 0.29) is 11.7 Å². The SMILES string of the molecule is CCOc1ccccc1C(=O)c1ccc(NC(C)=O)cc1. The van der Waals surface area contributed by atoms with Gasteiger partial charge in [-0.25, -0.2) is 0 Å². The first-order valence-electron chi connectivity index (χ1n) is 6.76. The van der Waals surface area contributed by atoms with Gasteiger partial charge in [-0.1, -0.05) is 12.1 Å². The Hall–Kier alpha value is -2.62. The molecule has 0 atom stereocenters. The molecule has 0 saturated carbocycles. The first-order valence-corrected chi connectivity index (χ1v) is 6.76. The van der Waals surface area contributed by atoms with Gasteiger partial charge in [-0.15, -0.1) is 0 Å². The number of para-hydroxylation sites is 1. The highest BCUT2D eigenvalue weighted by Gasteiger charge is 2.14. The predicted octanol–water partition coefficient (Wildman–Crippen LogP) is 3.27. The molecule has 1 N–H and O–H groups in total. The van der Waals surface area contributed by atoms with Crippen LogP contribution in [0.15, 0.2) is 48.5 Å². The van der Waals surface area contributed by atoms with Gasteiger partial charge in [0.15, 0.2) is 5.78 Å². The molecule has 0 unspecified atom stereocenters. The Bertz CT molecular complexity index is 647. The van der Waals surface area contributed by atoms with E-state index in [4.69, 9.17) is 4.74 Å². The third-order valence-corrected chi connectivity index (χ3v) is 2.90. The van der Waals surface area contributed by atoms with Gasteiger partial charge in [0.2, 0.25) is 5.91 Å². The second-order valence-corrected chi connectivity index (χ2v) is 4.52. The fraction of sp³-hybridized carbons (Fsp3) is 0.176. The van der Waals surface area contributed by atoms with E-state index < -0.39 is 0 Å². The number of hydrogen-bond donors (Lipinski definition) is 1. The van der Waals surface area contributed by atoms with E-state index in [0.717, 1.165) is 0 Å². The molecule has 4 nitrogen and oxygen atoms in total. The number of anilines is 1. The van der Waals surface area contributed by atoms with Crippen molar-refractivity contribution in [2.45, 2.75) is 13.8 Å². The summed E-state index contributed by atoms with van der Waals surface area (Å²) in [7, 11) is 0. The van der Waals surface area contributed by atoms with Crippen LogP contribution in [0.1, 0.15) is 29.8 Å². The van der Waals surface area contributed by atoms with Gasteiger partial charge in [-0.3, -0.25) is 9.59 Å². The monoisotopic (exact) mass is 283 g/mol. The quantitative estimate of drug-likeness (QED) is 0.857. The third-order valence-electron chi connectivity index (χ3n) is 2.90. The number of amides is 1. The molecule has 2 rings (SSSR count). The summed E-state index contributed by atoms with van der Waals surface area (Å²) >= 11 is 0. The maximum atomic E-state index is 12.5. The summed E-state index contributed by atoms with van der Waals surface area (Å²) in [5.74, 6) is 0.333. The van der Waals surface area contributed by atoms with Gasteiger partial charge >= 0.3 is 0 Å². The molecule has 4 heteroatoms. The van der Waals surface area contributed by atoms with Crippen LogP contribution in [0.3, 0.4) is 0 Å². The maximum absolute atomic E-state index is 12.5. The third kappa shape index (κ3) is 3.69. The van der Waals surface area contributed by atoms with E-state index >= 15 is 0 Å². The molecule has 2 aromatic carbocycles. The first kappa shape index (κ1) is 14.8.